The van der Waals surface area contributed by atoms with Crippen LogP contribution in [0.1, 0.15) is 18.4 Å². The van der Waals surface area contributed by atoms with Crippen LogP contribution >= 0.6 is 0 Å². The molecule has 1 aromatic heterocycles. The highest BCUT2D eigenvalue weighted by Crippen LogP contribution is 2.29. The molecule has 0 spiro atoms. The maximum absolute atomic E-state index is 13.1. The van der Waals surface area contributed by atoms with Crippen LogP contribution in [0.25, 0.3) is 11.0 Å². The molecule has 4 heteroatoms. The van der Waals surface area contributed by atoms with Gasteiger partial charge in [0.2, 0.25) is 6.43 Å². The van der Waals surface area contributed by atoms with E-state index in [1.807, 2.05) is 12.1 Å². The summed E-state index contributed by atoms with van der Waals surface area (Å²) in [5, 5.41) is 3.81. The fourth-order valence-electron chi connectivity index (χ4n) is 2.01. The standard InChI is InChI=1S/C13H15F2NO/c1-8(16-2)12(13(14)15)10-4-3-9-5-6-17-11(9)7-10/h3-8,12-13,16H,1-2H3. The van der Waals surface area contributed by atoms with Crippen LogP contribution in [-0.4, -0.2) is 19.5 Å². The van der Waals surface area contributed by atoms with Gasteiger partial charge in [-0.3, -0.25) is 0 Å². The number of hydrogen-bond acceptors (Lipinski definition) is 2. The molecule has 0 amide bonds. The monoisotopic (exact) mass is 239 g/mol. The van der Waals surface area contributed by atoms with E-state index < -0.39 is 12.3 Å². The molecule has 0 radical (unpaired) electrons. The van der Waals surface area contributed by atoms with Crippen LogP contribution in [0.3, 0.4) is 0 Å². The van der Waals surface area contributed by atoms with Gasteiger partial charge in [0, 0.05) is 11.4 Å². The Morgan fingerprint density at radius 2 is 2.00 bits per heavy atom. The van der Waals surface area contributed by atoms with Gasteiger partial charge < -0.3 is 9.73 Å². The Kier molecular flexibility index (Phi) is 3.43. The molecule has 2 unspecified atom stereocenters. The summed E-state index contributed by atoms with van der Waals surface area (Å²) in [5.74, 6) is -0.825. The van der Waals surface area contributed by atoms with Gasteiger partial charge in [0.05, 0.1) is 12.2 Å². The molecule has 0 fully saturated rings. The number of hydrogen-bond donors (Lipinski definition) is 1. The van der Waals surface area contributed by atoms with Crippen LogP contribution in [0.2, 0.25) is 0 Å². The largest absolute Gasteiger partial charge is 0.464 e. The highest BCUT2D eigenvalue weighted by molar-refractivity contribution is 5.77. The van der Waals surface area contributed by atoms with E-state index in [4.69, 9.17) is 4.42 Å². The normalized spacial score (nSPS) is 15.4. The zero-order valence-corrected chi connectivity index (χ0v) is 9.78. The summed E-state index contributed by atoms with van der Waals surface area (Å²) in [6.07, 6.45) is -0.835. The predicted molar refractivity (Wildman–Crippen MR) is 63.5 cm³/mol. The van der Waals surface area contributed by atoms with E-state index in [1.54, 1.807) is 32.4 Å². The summed E-state index contributed by atoms with van der Waals surface area (Å²) in [7, 11) is 1.69. The first kappa shape index (κ1) is 12.0. The molecule has 1 heterocycles. The van der Waals surface area contributed by atoms with Gasteiger partial charge in [-0.1, -0.05) is 12.1 Å². The lowest BCUT2D eigenvalue weighted by molar-refractivity contribution is 0.0995. The van der Waals surface area contributed by atoms with E-state index >= 15 is 0 Å². The van der Waals surface area contributed by atoms with Crippen LogP contribution in [0.5, 0.6) is 0 Å². The Morgan fingerprint density at radius 3 is 2.65 bits per heavy atom. The van der Waals surface area contributed by atoms with Gasteiger partial charge in [-0.2, -0.15) is 0 Å². The van der Waals surface area contributed by atoms with Crippen LogP contribution < -0.4 is 5.32 Å². The topological polar surface area (TPSA) is 25.2 Å². The van der Waals surface area contributed by atoms with E-state index in [1.165, 1.54) is 0 Å². The summed E-state index contributed by atoms with van der Waals surface area (Å²) in [4.78, 5) is 0. The van der Waals surface area contributed by atoms with Gasteiger partial charge in [0.25, 0.3) is 0 Å². The minimum atomic E-state index is -2.40. The zero-order valence-electron chi connectivity index (χ0n) is 9.78. The molecule has 2 atom stereocenters. The summed E-state index contributed by atoms with van der Waals surface area (Å²) < 4.78 is 31.4. The number of benzene rings is 1. The fraction of sp³-hybridized carbons (Fsp3) is 0.385. The quantitative estimate of drug-likeness (QED) is 0.884. The first-order valence-corrected chi connectivity index (χ1v) is 5.56. The second kappa shape index (κ2) is 4.84. The van der Waals surface area contributed by atoms with E-state index in [0.29, 0.717) is 11.1 Å². The van der Waals surface area contributed by atoms with Crippen molar-refractivity contribution in [3.05, 3.63) is 36.1 Å². The van der Waals surface area contributed by atoms with Crippen LogP contribution in [0, 0.1) is 0 Å². The molecule has 2 rings (SSSR count). The lowest BCUT2D eigenvalue weighted by Gasteiger charge is -2.23. The van der Waals surface area contributed by atoms with Crippen molar-refractivity contribution in [2.75, 3.05) is 7.05 Å². The molecule has 0 saturated carbocycles. The molecule has 92 valence electrons. The SMILES string of the molecule is CNC(C)C(c1ccc2ccoc2c1)C(F)F. The van der Waals surface area contributed by atoms with Crippen molar-refractivity contribution in [2.45, 2.75) is 25.3 Å². The predicted octanol–water partition coefficient (Wildman–Crippen LogP) is 3.39. The molecule has 17 heavy (non-hydrogen) atoms. The first-order chi connectivity index (χ1) is 8.13. The average Bonchev–Trinajstić information content (AvgIpc) is 2.75. The number of furan rings is 1. The highest BCUT2D eigenvalue weighted by Gasteiger charge is 2.27. The summed E-state index contributed by atoms with van der Waals surface area (Å²) in [6, 6.07) is 6.77. The van der Waals surface area contributed by atoms with E-state index in [2.05, 4.69) is 5.32 Å². The van der Waals surface area contributed by atoms with Gasteiger partial charge in [-0.05, 0) is 31.7 Å². The maximum atomic E-state index is 13.1. The Balaban J connectivity index is 2.40. The van der Waals surface area contributed by atoms with E-state index in [-0.39, 0.29) is 6.04 Å². The minimum Gasteiger partial charge on any atom is -0.464 e. The summed E-state index contributed by atoms with van der Waals surface area (Å²) in [6.45, 7) is 1.75. The molecule has 0 aliphatic heterocycles. The number of halogens is 2. The van der Waals surface area contributed by atoms with Crippen LogP contribution in [-0.2, 0) is 0 Å². The molecular weight excluding hydrogens is 224 g/mol. The van der Waals surface area contributed by atoms with Crippen molar-refractivity contribution < 1.29 is 13.2 Å². The molecule has 0 bridgehead atoms. The molecule has 0 aliphatic rings. The van der Waals surface area contributed by atoms with Gasteiger partial charge in [0.1, 0.15) is 5.58 Å². The third-order valence-corrected chi connectivity index (χ3v) is 3.13. The van der Waals surface area contributed by atoms with Crippen molar-refractivity contribution in [1.82, 2.24) is 5.32 Å². The van der Waals surface area contributed by atoms with Crippen molar-refractivity contribution in [1.29, 1.82) is 0 Å². The number of fused-ring (bicyclic) bond motifs is 1. The number of rotatable bonds is 4. The molecule has 2 aromatic rings. The first-order valence-electron chi connectivity index (χ1n) is 5.56. The Bertz CT molecular complexity index is 495. The second-order valence-corrected chi connectivity index (χ2v) is 4.16. The molecule has 0 saturated heterocycles. The zero-order chi connectivity index (χ0) is 12.4. The Labute approximate surface area is 98.6 Å². The molecular formula is C13H15F2NO. The fourth-order valence-corrected chi connectivity index (χ4v) is 2.01. The lowest BCUT2D eigenvalue weighted by Crippen LogP contribution is -2.33. The highest BCUT2D eigenvalue weighted by atomic mass is 19.3. The summed E-state index contributed by atoms with van der Waals surface area (Å²) in [5.41, 5.74) is 1.25. The van der Waals surface area contributed by atoms with Crippen molar-refractivity contribution >= 4 is 11.0 Å². The van der Waals surface area contributed by atoms with Gasteiger partial charge >= 0.3 is 0 Å². The van der Waals surface area contributed by atoms with E-state index in [0.717, 1.165) is 5.39 Å². The van der Waals surface area contributed by atoms with Crippen molar-refractivity contribution in [3.8, 4) is 0 Å². The molecule has 2 nitrogen and oxygen atoms in total. The smallest absolute Gasteiger partial charge is 0.246 e. The summed E-state index contributed by atoms with van der Waals surface area (Å²) >= 11 is 0. The third kappa shape index (κ3) is 2.31. The van der Waals surface area contributed by atoms with Gasteiger partial charge in [0.15, 0.2) is 0 Å². The van der Waals surface area contributed by atoms with Crippen molar-refractivity contribution in [2.24, 2.45) is 0 Å². The van der Waals surface area contributed by atoms with Gasteiger partial charge in [-0.25, -0.2) is 8.78 Å². The van der Waals surface area contributed by atoms with Crippen molar-refractivity contribution in [3.63, 3.8) is 0 Å². The van der Waals surface area contributed by atoms with Gasteiger partial charge in [-0.15, -0.1) is 0 Å². The van der Waals surface area contributed by atoms with Crippen LogP contribution in [0.15, 0.2) is 34.9 Å². The molecule has 0 aliphatic carbocycles. The molecule has 1 N–H and O–H groups in total. The number of nitrogens with one attached hydrogen (secondary N) is 1. The Hall–Kier alpha value is -1.42. The van der Waals surface area contributed by atoms with Crippen LogP contribution in [0.4, 0.5) is 8.78 Å². The Morgan fingerprint density at radius 1 is 1.24 bits per heavy atom. The second-order valence-electron chi connectivity index (χ2n) is 4.16. The number of alkyl halides is 2. The lowest BCUT2D eigenvalue weighted by atomic mass is 9.92. The average molecular weight is 239 g/mol. The van der Waals surface area contributed by atoms with E-state index in [9.17, 15) is 8.78 Å². The maximum Gasteiger partial charge on any atom is 0.246 e. The third-order valence-electron chi connectivity index (χ3n) is 3.13. The minimum absolute atomic E-state index is 0.289. The molecule has 1 aromatic carbocycles. The number of likely N-dealkylation sites (N-methyl/N-ethyl adjacent to an activating group) is 1.